The van der Waals surface area contributed by atoms with E-state index < -0.39 is 5.97 Å². The molecule has 0 aliphatic carbocycles. The van der Waals surface area contributed by atoms with E-state index in [2.05, 4.69) is 15.0 Å². The van der Waals surface area contributed by atoms with Crippen molar-refractivity contribution in [3.8, 4) is 0 Å². The highest BCUT2D eigenvalue weighted by Crippen LogP contribution is 2.14. The highest BCUT2D eigenvalue weighted by molar-refractivity contribution is 5.83. The molecule has 0 aromatic carbocycles. The Bertz CT molecular complexity index is 525. The normalized spacial score (nSPS) is 10.5. The van der Waals surface area contributed by atoms with Gasteiger partial charge in [0.1, 0.15) is 5.82 Å². The van der Waals surface area contributed by atoms with E-state index in [1.807, 2.05) is 0 Å². The van der Waals surface area contributed by atoms with Crippen molar-refractivity contribution in [2.24, 2.45) is 0 Å². The molecule has 1 N–H and O–H groups in total. The average molecular weight is 203 g/mol. The Labute approximate surface area is 85.8 Å². The predicted molar refractivity (Wildman–Crippen MR) is 53.4 cm³/mol. The van der Waals surface area contributed by atoms with E-state index in [0.29, 0.717) is 16.9 Å². The number of aromatic nitrogens is 3. The summed E-state index contributed by atoms with van der Waals surface area (Å²) in [5.41, 5.74) is 1.23. The lowest BCUT2D eigenvalue weighted by Crippen LogP contribution is -2.03. The van der Waals surface area contributed by atoms with E-state index >= 15 is 0 Å². The second kappa shape index (κ2) is 3.61. The summed E-state index contributed by atoms with van der Waals surface area (Å²) in [5.74, 6) is -0.245. The molecule has 0 saturated heterocycles. The standard InChI is InChI=1S/C10H9N3O2/c1-6-12-5-7-8(13-6)2-3-11-9(7)4-10(14)15/h2-3,5H,4H2,1H3,(H,14,15). The fourth-order valence-corrected chi connectivity index (χ4v) is 1.39. The molecular weight excluding hydrogens is 194 g/mol. The Hall–Kier alpha value is -2.04. The summed E-state index contributed by atoms with van der Waals surface area (Å²) in [6.07, 6.45) is 3.07. The lowest BCUT2D eigenvalue weighted by atomic mass is 10.2. The van der Waals surface area contributed by atoms with Gasteiger partial charge >= 0.3 is 5.97 Å². The van der Waals surface area contributed by atoms with E-state index in [4.69, 9.17) is 5.11 Å². The monoisotopic (exact) mass is 203 g/mol. The van der Waals surface area contributed by atoms with Gasteiger partial charge in [0, 0.05) is 17.8 Å². The van der Waals surface area contributed by atoms with Crippen LogP contribution in [0.1, 0.15) is 11.5 Å². The number of pyridine rings is 1. The number of rotatable bonds is 2. The summed E-state index contributed by atoms with van der Waals surface area (Å²) in [6, 6.07) is 1.75. The lowest BCUT2D eigenvalue weighted by Gasteiger charge is -2.02. The molecule has 0 aliphatic rings. The third-order valence-corrected chi connectivity index (χ3v) is 2.03. The number of hydrogen-bond acceptors (Lipinski definition) is 4. The molecule has 2 aromatic rings. The SMILES string of the molecule is Cc1ncc2c(CC(=O)O)nccc2n1. The third-order valence-electron chi connectivity index (χ3n) is 2.03. The minimum atomic E-state index is -0.907. The average Bonchev–Trinajstić information content (AvgIpc) is 2.16. The molecule has 2 rings (SSSR count). The molecule has 0 aliphatic heterocycles. The maximum atomic E-state index is 10.6. The Balaban J connectivity index is 2.60. The van der Waals surface area contributed by atoms with Crippen LogP contribution >= 0.6 is 0 Å². The van der Waals surface area contributed by atoms with Gasteiger partial charge in [-0.05, 0) is 13.0 Å². The molecule has 2 aromatic heterocycles. The molecule has 0 radical (unpaired) electrons. The van der Waals surface area contributed by atoms with Crippen LogP contribution in [-0.4, -0.2) is 26.0 Å². The summed E-state index contributed by atoms with van der Waals surface area (Å²) in [4.78, 5) is 22.8. The van der Waals surface area contributed by atoms with E-state index in [-0.39, 0.29) is 6.42 Å². The van der Waals surface area contributed by atoms with Gasteiger partial charge in [0.05, 0.1) is 17.6 Å². The van der Waals surface area contributed by atoms with Crippen LogP contribution in [0, 0.1) is 6.92 Å². The van der Waals surface area contributed by atoms with Crippen LogP contribution in [0.4, 0.5) is 0 Å². The number of nitrogens with zero attached hydrogens (tertiary/aromatic N) is 3. The van der Waals surface area contributed by atoms with Crippen LogP contribution in [-0.2, 0) is 11.2 Å². The molecule has 5 nitrogen and oxygen atoms in total. The van der Waals surface area contributed by atoms with Crippen LogP contribution < -0.4 is 0 Å². The van der Waals surface area contributed by atoms with E-state index in [1.54, 1.807) is 25.4 Å². The molecule has 0 saturated carbocycles. The zero-order chi connectivity index (χ0) is 10.8. The van der Waals surface area contributed by atoms with Gasteiger partial charge in [-0.1, -0.05) is 0 Å². The van der Waals surface area contributed by atoms with Gasteiger partial charge in [-0.15, -0.1) is 0 Å². The minimum Gasteiger partial charge on any atom is -0.481 e. The summed E-state index contributed by atoms with van der Waals surface area (Å²) in [6.45, 7) is 1.79. The Kier molecular flexibility index (Phi) is 2.29. The first-order valence-corrected chi connectivity index (χ1v) is 4.46. The number of aliphatic carboxylic acids is 1. The van der Waals surface area contributed by atoms with Crippen LogP contribution in [0.2, 0.25) is 0 Å². The molecule has 0 atom stereocenters. The minimum absolute atomic E-state index is 0.107. The van der Waals surface area contributed by atoms with E-state index in [9.17, 15) is 4.79 Å². The molecule has 5 heteroatoms. The van der Waals surface area contributed by atoms with Crippen LogP contribution in [0.3, 0.4) is 0 Å². The number of hydrogen-bond donors (Lipinski definition) is 1. The van der Waals surface area contributed by atoms with Gasteiger partial charge in [0.2, 0.25) is 0 Å². The zero-order valence-electron chi connectivity index (χ0n) is 8.14. The summed E-state index contributed by atoms with van der Waals surface area (Å²) in [7, 11) is 0. The number of fused-ring (bicyclic) bond motifs is 1. The van der Waals surface area contributed by atoms with Crippen molar-refractivity contribution in [3.05, 3.63) is 30.0 Å². The number of carboxylic acids is 1. The van der Waals surface area contributed by atoms with Gasteiger partial charge in [0.25, 0.3) is 0 Å². The van der Waals surface area contributed by atoms with Gasteiger partial charge in [0.15, 0.2) is 0 Å². The Morgan fingerprint density at radius 1 is 1.47 bits per heavy atom. The number of aryl methyl sites for hydroxylation is 1. The fourth-order valence-electron chi connectivity index (χ4n) is 1.39. The molecule has 76 valence electrons. The quantitative estimate of drug-likeness (QED) is 0.786. The summed E-state index contributed by atoms with van der Waals surface area (Å²) < 4.78 is 0. The first-order chi connectivity index (χ1) is 7.16. The van der Waals surface area contributed by atoms with Gasteiger partial charge in [-0.3, -0.25) is 9.78 Å². The van der Waals surface area contributed by atoms with Crippen LogP contribution in [0.15, 0.2) is 18.5 Å². The molecular formula is C10H9N3O2. The van der Waals surface area contributed by atoms with E-state index in [1.165, 1.54) is 0 Å². The molecule has 0 unspecified atom stereocenters. The number of carboxylic acid groups (broad SMARTS) is 1. The van der Waals surface area contributed by atoms with Crippen molar-refractivity contribution in [3.63, 3.8) is 0 Å². The highest BCUT2D eigenvalue weighted by atomic mass is 16.4. The molecule has 0 amide bonds. The first-order valence-electron chi connectivity index (χ1n) is 4.46. The van der Waals surface area contributed by atoms with Crippen molar-refractivity contribution >= 4 is 16.9 Å². The third kappa shape index (κ3) is 1.90. The maximum absolute atomic E-state index is 10.6. The van der Waals surface area contributed by atoms with Crippen molar-refractivity contribution < 1.29 is 9.90 Å². The lowest BCUT2D eigenvalue weighted by molar-refractivity contribution is -0.136. The van der Waals surface area contributed by atoms with Crippen molar-refractivity contribution in [2.75, 3.05) is 0 Å². The maximum Gasteiger partial charge on any atom is 0.309 e. The molecule has 0 bridgehead atoms. The Morgan fingerprint density at radius 2 is 2.27 bits per heavy atom. The van der Waals surface area contributed by atoms with Gasteiger partial charge < -0.3 is 5.11 Å². The second-order valence-electron chi connectivity index (χ2n) is 3.18. The van der Waals surface area contributed by atoms with Crippen molar-refractivity contribution in [1.82, 2.24) is 15.0 Å². The zero-order valence-corrected chi connectivity index (χ0v) is 8.14. The molecule has 15 heavy (non-hydrogen) atoms. The summed E-state index contributed by atoms with van der Waals surface area (Å²) >= 11 is 0. The molecule has 2 heterocycles. The van der Waals surface area contributed by atoms with Crippen LogP contribution in [0.25, 0.3) is 10.9 Å². The topological polar surface area (TPSA) is 76.0 Å². The number of carbonyl (C=O) groups is 1. The fraction of sp³-hybridized carbons (Fsp3) is 0.200. The first kappa shape index (κ1) is 9.51. The molecule has 0 fully saturated rings. The van der Waals surface area contributed by atoms with Crippen molar-refractivity contribution in [1.29, 1.82) is 0 Å². The smallest absolute Gasteiger partial charge is 0.309 e. The summed E-state index contributed by atoms with van der Waals surface area (Å²) in [5, 5.41) is 9.40. The second-order valence-corrected chi connectivity index (χ2v) is 3.18. The Morgan fingerprint density at radius 3 is 3.00 bits per heavy atom. The van der Waals surface area contributed by atoms with Gasteiger partial charge in [-0.2, -0.15) is 0 Å². The largest absolute Gasteiger partial charge is 0.481 e. The highest BCUT2D eigenvalue weighted by Gasteiger charge is 2.07. The van der Waals surface area contributed by atoms with Gasteiger partial charge in [-0.25, -0.2) is 9.97 Å². The van der Waals surface area contributed by atoms with E-state index in [0.717, 1.165) is 5.52 Å². The van der Waals surface area contributed by atoms with Crippen molar-refractivity contribution in [2.45, 2.75) is 13.3 Å². The predicted octanol–water partition coefficient (Wildman–Crippen LogP) is 0.960. The molecule has 0 spiro atoms. The van der Waals surface area contributed by atoms with Crippen LogP contribution in [0.5, 0.6) is 0 Å².